The van der Waals surface area contributed by atoms with Gasteiger partial charge in [-0.1, -0.05) is 18.5 Å². The maximum absolute atomic E-state index is 12.3. The quantitative estimate of drug-likeness (QED) is 0.591. The van der Waals surface area contributed by atoms with Crippen LogP contribution >= 0.6 is 11.6 Å². The summed E-state index contributed by atoms with van der Waals surface area (Å²) < 4.78 is 11.4. The molecule has 0 aromatic rings. The number of likely N-dealkylation sites (tertiary alicyclic amines) is 1. The topological polar surface area (TPSA) is 107 Å². The number of hydrogen-bond donors (Lipinski definition) is 1. The average molecular weight is 387 g/mol. The van der Waals surface area contributed by atoms with Gasteiger partial charge >= 0.3 is 6.09 Å². The number of amides is 2. The number of alkyl halides is 1. The van der Waals surface area contributed by atoms with Gasteiger partial charge in [0.2, 0.25) is 11.8 Å². The van der Waals surface area contributed by atoms with Crippen molar-refractivity contribution < 1.29 is 19.1 Å². The zero-order chi connectivity index (χ0) is 19.5. The van der Waals surface area contributed by atoms with Gasteiger partial charge in [0, 0.05) is 6.54 Å². The van der Waals surface area contributed by atoms with Crippen molar-refractivity contribution in [2.75, 3.05) is 13.1 Å². The Bertz CT molecular complexity index is 614. The van der Waals surface area contributed by atoms with Gasteiger partial charge in [0.15, 0.2) is 11.5 Å². The standard InChI is InChI=1S/C17H27ClN4O4/c1-5-11-15(21-13(18)12(20-11)14(19)23)25-10-7-6-8-22(9-10)16(24)26-17(2,3)4/h10,12-13H,5-9H2,1-4H3,(H2,19,23)/t10-,12?,13?/m1/s1. The molecule has 0 radical (unpaired) electrons. The number of ether oxygens (including phenoxy) is 2. The fourth-order valence-corrected chi connectivity index (χ4v) is 3.04. The van der Waals surface area contributed by atoms with E-state index in [2.05, 4.69) is 9.98 Å². The van der Waals surface area contributed by atoms with E-state index >= 15 is 0 Å². The molecule has 146 valence electrons. The minimum atomic E-state index is -0.886. The van der Waals surface area contributed by atoms with E-state index in [-0.39, 0.29) is 12.2 Å². The van der Waals surface area contributed by atoms with Crippen LogP contribution in [-0.4, -0.2) is 64.8 Å². The van der Waals surface area contributed by atoms with Crippen LogP contribution in [0.5, 0.6) is 0 Å². The zero-order valence-electron chi connectivity index (χ0n) is 15.7. The van der Waals surface area contributed by atoms with Crippen molar-refractivity contribution in [2.45, 2.75) is 70.2 Å². The first-order valence-electron chi connectivity index (χ1n) is 8.83. The number of carbonyl (C=O) groups is 2. The third-order valence-corrected chi connectivity index (χ3v) is 4.31. The van der Waals surface area contributed by atoms with Gasteiger partial charge in [-0.05, 0) is 40.0 Å². The summed E-state index contributed by atoms with van der Waals surface area (Å²) in [5, 5.41) is 0. The van der Waals surface area contributed by atoms with Crippen LogP contribution < -0.4 is 5.73 Å². The average Bonchev–Trinajstić information content (AvgIpc) is 2.53. The molecule has 1 fully saturated rings. The lowest BCUT2D eigenvalue weighted by molar-refractivity contribution is -0.119. The highest BCUT2D eigenvalue weighted by Crippen LogP contribution is 2.21. The summed E-state index contributed by atoms with van der Waals surface area (Å²) in [6.45, 7) is 8.41. The lowest BCUT2D eigenvalue weighted by Crippen LogP contribution is -2.47. The number of aliphatic imine (C=N–C) groups is 2. The second-order valence-electron chi connectivity index (χ2n) is 7.39. The summed E-state index contributed by atoms with van der Waals surface area (Å²) in [5.74, 6) is -0.298. The summed E-state index contributed by atoms with van der Waals surface area (Å²) in [4.78, 5) is 33.8. The molecule has 2 aliphatic heterocycles. The van der Waals surface area contributed by atoms with Crippen molar-refractivity contribution >= 4 is 35.2 Å². The van der Waals surface area contributed by atoms with E-state index in [1.165, 1.54) is 0 Å². The van der Waals surface area contributed by atoms with Crippen LogP contribution in [0.25, 0.3) is 0 Å². The predicted octanol–water partition coefficient (Wildman–Crippen LogP) is 2.08. The number of piperidine rings is 1. The van der Waals surface area contributed by atoms with Crippen molar-refractivity contribution in [3.63, 3.8) is 0 Å². The van der Waals surface area contributed by atoms with Crippen LogP contribution in [0.15, 0.2) is 9.98 Å². The highest BCUT2D eigenvalue weighted by Gasteiger charge is 2.33. The Kier molecular flexibility index (Phi) is 6.49. The lowest BCUT2D eigenvalue weighted by atomic mass is 10.1. The summed E-state index contributed by atoms with van der Waals surface area (Å²) in [6.07, 6.45) is 1.52. The first-order chi connectivity index (χ1) is 12.1. The monoisotopic (exact) mass is 386 g/mol. The number of primary amides is 1. The molecular weight excluding hydrogens is 360 g/mol. The molecule has 0 aromatic carbocycles. The van der Waals surface area contributed by atoms with Crippen LogP contribution in [0.4, 0.5) is 4.79 Å². The van der Waals surface area contributed by atoms with Crippen LogP contribution in [0.1, 0.15) is 47.0 Å². The van der Waals surface area contributed by atoms with Gasteiger partial charge in [0.05, 0.1) is 12.3 Å². The Hall–Kier alpha value is -1.83. The van der Waals surface area contributed by atoms with Crippen molar-refractivity contribution in [3.8, 4) is 0 Å². The SMILES string of the molecule is CCC1=NC(C(N)=O)C(Cl)N=C1O[C@@H]1CCCN(C(=O)OC(C)(C)C)C1. The Labute approximate surface area is 158 Å². The fraction of sp³-hybridized carbons (Fsp3) is 0.765. The molecule has 0 spiro atoms. The van der Waals surface area contributed by atoms with Crippen LogP contribution in [0, 0.1) is 0 Å². The van der Waals surface area contributed by atoms with Crippen molar-refractivity contribution in [2.24, 2.45) is 15.7 Å². The molecule has 2 heterocycles. The Morgan fingerprint density at radius 3 is 2.62 bits per heavy atom. The van der Waals surface area contributed by atoms with E-state index in [0.29, 0.717) is 31.1 Å². The van der Waals surface area contributed by atoms with Gasteiger partial charge < -0.3 is 20.1 Å². The summed E-state index contributed by atoms with van der Waals surface area (Å²) >= 11 is 6.10. The summed E-state index contributed by atoms with van der Waals surface area (Å²) in [5.41, 5.74) is 4.43. The smallest absolute Gasteiger partial charge is 0.410 e. The number of halogens is 1. The largest absolute Gasteiger partial charge is 0.471 e. The Morgan fingerprint density at radius 1 is 1.35 bits per heavy atom. The maximum atomic E-state index is 12.3. The molecule has 2 N–H and O–H groups in total. The van der Waals surface area contributed by atoms with Crippen LogP contribution in [-0.2, 0) is 14.3 Å². The summed E-state index contributed by atoms with van der Waals surface area (Å²) in [6, 6.07) is -0.886. The maximum Gasteiger partial charge on any atom is 0.410 e. The molecule has 26 heavy (non-hydrogen) atoms. The number of hydrogen-bond acceptors (Lipinski definition) is 6. The van der Waals surface area contributed by atoms with E-state index in [0.717, 1.165) is 12.8 Å². The first-order valence-corrected chi connectivity index (χ1v) is 9.27. The van der Waals surface area contributed by atoms with Gasteiger partial charge in [-0.25, -0.2) is 9.79 Å². The molecule has 2 unspecified atom stereocenters. The fourth-order valence-electron chi connectivity index (χ4n) is 2.77. The van der Waals surface area contributed by atoms with Crippen molar-refractivity contribution in [3.05, 3.63) is 0 Å². The van der Waals surface area contributed by atoms with Gasteiger partial charge in [0.25, 0.3) is 0 Å². The van der Waals surface area contributed by atoms with Gasteiger partial charge in [0.1, 0.15) is 11.7 Å². The van der Waals surface area contributed by atoms with E-state index in [1.807, 2.05) is 27.7 Å². The molecule has 1 saturated heterocycles. The molecule has 2 aliphatic rings. The number of carbonyl (C=O) groups excluding carboxylic acids is 2. The molecule has 0 aliphatic carbocycles. The Balaban J connectivity index is 2.03. The van der Waals surface area contributed by atoms with E-state index in [1.54, 1.807) is 4.90 Å². The van der Waals surface area contributed by atoms with E-state index in [9.17, 15) is 9.59 Å². The van der Waals surface area contributed by atoms with Crippen molar-refractivity contribution in [1.82, 2.24) is 4.90 Å². The molecule has 9 heteroatoms. The molecule has 2 rings (SSSR count). The number of rotatable bonds is 3. The first kappa shape index (κ1) is 20.5. The molecular formula is C17H27ClN4O4. The second kappa shape index (κ2) is 8.24. The molecule has 0 saturated carbocycles. The van der Waals surface area contributed by atoms with E-state index < -0.39 is 23.1 Å². The van der Waals surface area contributed by atoms with Gasteiger partial charge in [-0.3, -0.25) is 9.79 Å². The highest BCUT2D eigenvalue weighted by atomic mass is 35.5. The second-order valence-corrected chi connectivity index (χ2v) is 7.84. The minimum absolute atomic E-state index is 0.235. The molecule has 8 nitrogen and oxygen atoms in total. The van der Waals surface area contributed by atoms with E-state index in [4.69, 9.17) is 26.8 Å². The van der Waals surface area contributed by atoms with Gasteiger partial charge in [-0.2, -0.15) is 0 Å². The molecule has 3 atom stereocenters. The zero-order valence-corrected chi connectivity index (χ0v) is 16.5. The molecule has 2 amide bonds. The third-order valence-electron chi connectivity index (χ3n) is 3.98. The molecule has 0 aromatic heterocycles. The summed E-state index contributed by atoms with van der Waals surface area (Å²) in [7, 11) is 0. The van der Waals surface area contributed by atoms with Gasteiger partial charge in [-0.15, -0.1) is 0 Å². The minimum Gasteiger partial charge on any atom is -0.471 e. The van der Waals surface area contributed by atoms with Crippen LogP contribution in [0.2, 0.25) is 0 Å². The van der Waals surface area contributed by atoms with Crippen molar-refractivity contribution in [1.29, 1.82) is 0 Å². The number of nitrogens with zero attached hydrogens (tertiary/aromatic N) is 3. The normalized spacial score (nSPS) is 26.7. The lowest BCUT2D eigenvalue weighted by Gasteiger charge is -2.35. The number of nitrogens with two attached hydrogens (primary N) is 1. The Morgan fingerprint density at radius 2 is 2.04 bits per heavy atom. The third kappa shape index (κ3) is 5.33. The highest BCUT2D eigenvalue weighted by molar-refractivity contribution is 6.41. The predicted molar refractivity (Wildman–Crippen MR) is 99.7 cm³/mol. The van der Waals surface area contributed by atoms with Crippen LogP contribution in [0.3, 0.4) is 0 Å². The molecule has 0 bridgehead atoms.